The highest BCUT2D eigenvalue weighted by molar-refractivity contribution is 5.94. The van der Waals surface area contributed by atoms with Gasteiger partial charge in [-0.2, -0.15) is 0 Å². The number of likely N-dealkylation sites (tertiary alicyclic amines) is 2. The molecule has 4 rings (SSSR count). The maximum absolute atomic E-state index is 14.0. The Hall–Kier alpha value is -3.22. The Labute approximate surface area is 181 Å². The van der Waals surface area contributed by atoms with Gasteiger partial charge < -0.3 is 15.1 Å². The van der Waals surface area contributed by atoms with E-state index in [1.165, 1.54) is 12.1 Å². The van der Waals surface area contributed by atoms with Gasteiger partial charge >= 0.3 is 0 Å². The van der Waals surface area contributed by atoms with Gasteiger partial charge in [0.05, 0.1) is 5.56 Å². The van der Waals surface area contributed by atoms with Crippen molar-refractivity contribution in [2.45, 2.75) is 44.3 Å². The number of carbonyl (C=O) groups is 3. The molecule has 0 bridgehead atoms. The van der Waals surface area contributed by atoms with Crippen LogP contribution in [0.25, 0.3) is 0 Å². The van der Waals surface area contributed by atoms with E-state index in [1.807, 2.05) is 30.3 Å². The molecule has 2 heterocycles. The highest BCUT2D eigenvalue weighted by atomic mass is 19.1. The fourth-order valence-corrected chi connectivity index (χ4v) is 4.47. The summed E-state index contributed by atoms with van der Waals surface area (Å²) in [5.41, 5.74) is 1.07. The number of benzene rings is 2. The first-order chi connectivity index (χ1) is 15.0. The Morgan fingerprint density at radius 3 is 2.35 bits per heavy atom. The van der Waals surface area contributed by atoms with E-state index >= 15 is 0 Å². The van der Waals surface area contributed by atoms with E-state index in [-0.39, 0.29) is 29.3 Å². The standard InChI is InChI=1S/C24H26FN3O3/c25-20-9-5-4-8-19(20)24(31)27-14-12-18(13-15-27)28-21(10-11-22(28)29)23(30)26-16-17-6-2-1-3-7-17/h1-9,18,21H,10-16H2,(H,26,30). The third kappa shape index (κ3) is 4.60. The quantitative estimate of drug-likeness (QED) is 0.804. The van der Waals surface area contributed by atoms with Crippen molar-refractivity contribution in [2.75, 3.05) is 13.1 Å². The summed E-state index contributed by atoms with van der Waals surface area (Å²) in [7, 11) is 0. The molecule has 0 aliphatic carbocycles. The van der Waals surface area contributed by atoms with Crippen LogP contribution in [0.15, 0.2) is 54.6 Å². The lowest BCUT2D eigenvalue weighted by molar-refractivity contribution is -0.138. The van der Waals surface area contributed by atoms with Crippen LogP contribution in [0.1, 0.15) is 41.6 Å². The van der Waals surface area contributed by atoms with Crippen molar-refractivity contribution in [1.82, 2.24) is 15.1 Å². The summed E-state index contributed by atoms with van der Waals surface area (Å²) in [5, 5.41) is 2.95. The van der Waals surface area contributed by atoms with Crippen molar-refractivity contribution in [3.63, 3.8) is 0 Å². The fourth-order valence-electron chi connectivity index (χ4n) is 4.47. The molecule has 3 amide bonds. The van der Waals surface area contributed by atoms with Gasteiger partial charge in [0.25, 0.3) is 5.91 Å². The maximum Gasteiger partial charge on any atom is 0.256 e. The molecule has 2 aliphatic heterocycles. The van der Waals surface area contributed by atoms with E-state index in [9.17, 15) is 18.8 Å². The van der Waals surface area contributed by atoms with E-state index in [2.05, 4.69) is 5.32 Å². The first-order valence-corrected chi connectivity index (χ1v) is 10.7. The minimum Gasteiger partial charge on any atom is -0.350 e. The van der Waals surface area contributed by atoms with Crippen molar-refractivity contribution in [3.8, 4) is 0 Å². The molecule has 1 unspecified atom stereocenters. The first-order valence-electron chi connectivity index (χ1n) is 10.7. The molecule has 7 heteroatoms. The normalized spacial score (nSPS) is 19.5. The zero-order valence-electron chi connectivity index (χ0n) is 17.3. The molecule has 31 heavy (non-hydrogen) atoms. The van der Waals surface area contributed by atoms with Crippen molar-refractivity contribution in [1.29, 1.82) is 0 Å². The molecule has 0 spiro atoms. The SMILES string of the molecule is O=C(NCc1ccccc1)C1CCC(=O)N1C1CCN(C(=O)c2ccccc2F)CC1. The number of carbonyl (C=O) groups excluding carboxylic acids is 3. The Bertz CT molecular complexity index is 958. The third-order valence-corrected chi connectivity index (χ3v) is 6.12. The third-order valence-electron chi connectivity index (χ3n) is 6.12. The van der Waals surface area contributed by atoms with Crippen molar-refractivity contribution in [3.05, 3.63) is 71.5 Å². The average molecular weight is 423 g/mol. The first kappa shape index (κ1) is 21.0. The van der Waals surface area contributed by atoms with Crippen LogP contribution in [0.4, 0.5) is 4.39 Å². The average Bonchev–Trinajstić information content (AvgIpc) is 3.19. The zero-order valence-corrected chi connectivity index (χ0v) is 17.3. The van der Waals surface area contributed by atoms with Crippen molar-refractivity contribution >= 4 is 17.7 Å². The largest absolute Gasteiger partial charge is 0.350 e. The van der Waals surface area contributed by atoms with E-state index in [1.54, 1.807) is 21.9 Å². The Morgan fingerprint density at radius 1 is 0.968 bits per heavy atom. The molecule has 6 nitrogen and oxygen atoms in total. The summed E-state index contributed by atoms with van der Waals surface area (Å²) in [6, 6.07) is 15.0. The van der Waals surface area contributed by atoms with E-state index in [0.717, 1.165) is 5.56 Å². The second kappa shape index (κ2) is 9.29. The molecule has 0 radical (unpaired) electrons. The van der Waals surface area contributed by atoms with E-state index < -0.39 is 11.9 Å². The van der Waals surface area contributed by atoms with Crippen molar-refractivity contribution in [2.24, 2.45) is 0 Å². The number of amides is 3. The van der Waals surface area contributed by atoms with Gasteiger partial charge in [0.1, 0.15) is 11.9 Å². The molecule has 2 aliphatic rings. The van der Waals surface area contributed by atoms with Crippen LogP contribution in [-0.2, 0) is 16.1 Å². The second-order valence-electron chi connectivity index (χ2n) is 8.06. The molecule has 2 fully saturated rings. The molecule has 2 saturated heterocycles. The lowest BCUT2D eigenvalue weighted by atomic mass is 10.0. The Morgan fingerprint density at radius 2 is 1.65 bits per heavy atom. The highest BCUT2D eigenvalue weighted by Gasteiger charge is 2.41. The molecular weight excluding hydrogens is 397 g/mol. The van der Waals surface area contributed by atoms with Gasteiger partial charge in [0.15, 0.2) is 0 Å². The molecule has 0 aromatic heterocycles. The summed E-state index contributed by atoms with van der Waals surface area (Å²) < 4.78 is 14.0. The van der Waals surface area contributed by atoms with Gasteiger partial charge in [0, 0.05) is 32.1 Å². The van der Waals surface area contributed by atoms with Gasteiger partial charge in [0.2, 0.25) is 11.8 Å². The topological polar surface area (TPSA) is 69.7 Å². The van der Waals surface area contributed by atoms with Crippen molar-refractivity contribution < 1.29 is 18.8 Å². The predicted molar refractivity (Wildman–Crippen MR) is 113 cm³/mol. The minimum atomic E-state index is -0.528. The molecule has 162 valence electrons. The number of rotatable bonds is 5. The second-order valence-corrected chi connectivity index (χ2v) is 8.06. The minimum absolute atomic E-state index is 0.0151. The van der Waals surface area contributed by atoms with E-state index in [4.69, 9.17) is 0 Å². The van der Waals surface area contributed by atoms with Gasteiger partial charge in [-0.15, -0.1) is 0 Å². The summed E-state index contributed by atoms with van der Waals surface area (Å²) in [4.78, 5) is 41.3. The summed E-state index contributed by atoms with van der Waals surface area (Å²) in [5.74, 6) is -1.01. The lowest BCUT2D eigenvalue weighted by Crippen LogP contribution is -2.53. The van der Waals surface area contributed by atoms with Crippen LogP contribution in [0.2, 0.25) is 0 Å². The summed E-state index contributed by atoms with van der Waals surface area (Å²) >= 11 is 0. The van der Waals surface area contributed by atoms with E-state index in [0.29, 0.717) is 45.3 Å². The Balaban J connectivity index is 1.36. The number of hydrogen-bond acceptors (Lipinski definition) is 3. The maximum atomic E-state index is 14.0. The van der Waals surface area contributed by atoms with Crippen LogP contribution in [0, 0.1) is 5.82 Å². The van der Waals surface area contributed by atoms with Crippen LogP contribution >= 0.6 is 0 Å². The molecular formula is C24H26FN3O3. The van der Waals surface area contributed by atoms with Crippen LogP contribution in [0.5, 0.6) is 0 Å². The lowest BCUT2D eigenvalue weighted by Gasteiger charge is -2.39. The van der Waals surface area contributed by atoms with Gasteiger partial charge in [-0.05, 0) is 37.0 Å². The smallest absolute Gasteiger partial charge is 0.256 e. The van der Waals surface area contributed by atoms with Gasteiger partial charge in [-0.1, -0.05) is 42.5 Å². The van der Waals surface area contributed by atoms with Crippen LogP contribution in [-0.4, -0.2) is 52.7 Å². The number of halogens is 1. The molecule has 0 saturated carbocycles. The number of nitrogens with one attached hydrogen (secondary N) is 1. The Kier molecular flexibility index (Phi) is 6.30. The summed E-state index contributed by atoms with van der Waals surface area (Å²) in [6.45, 7) is 1.29. The van der Waals surface area contributed by atoms with Gasteiger partial charge in [-0.3, -0.25) is 14.4 Å². The van der Waals surface area contributed by atoms with Crippen LogP contribution < -0.4 is 5.32 Å². The van der Waals surface area contributed by atoms with Crippen LogP contribution in [0.3, 0.4) is 0 Å². The highest BCUT2D eigenvalue weighted by Crippen LogP contribution is 2.28. The molecule has 1 N–H and O–H groups in total. The predicted octanol–water partition coefficient (Wildman–Crippen LogP) is 2.74. The number of nitrogens with zero attached hydrogens (tertiary/aromatic N) is 2. The monoisotopic (exact) mass is 423 g/mol. The number of hydrogen-bond donors (Lipinski definition) is 1. The van der Waals surface area contributed by atoms with Gasteiger partial charge in [-0.25, -0.2) is 4.39 Å². The fraction of sp³-hybridized carbons (Fsp3) is 0.375. The molecule has 2 aromatic carbocycles. The zero-order chi connectivity index (χ0) is 21.8. The summed E-state index contributed by atoms with van der Waals surface area (Å²) in [6.07, 6.45) is 2.02. The molecule has 1 atom stereocenters. The number of piperidine rings is 1. The molecule has 2 aromatic rings.